The van der Waals surface area contributed by atoms with E-state index in [1.54, 1.807) is 12.6 Å². The number of aliphatic hydroxyl groups excluding tert-OH is 1. The van der Waals surface area contributed by atoms with E-state index in [-0.39, 0.29) is 12.6 Å². The van der Waals surface area contributed by atoms with E-state index in [2.05, 4.69) is 10.2 Å². The number of aliphatic hydroxyl groups is 1. The first-order chi connectivity index (χ1) is 7.31. The van der Waals surface area contributed by atoms with Crippen LogP contribution in [0.2, 0.25) is 0 Å². The standard InChI is InChI=1S/C10H13N3O2/c1-8(5-9-3-2-4-15-9)13-7-11-12-10(13)6-14/h2-4,7-8,14H,5-6H2,1H3. The lowest BCUT2D eigenvalue weighted by Crippen LogP contribution is -2.10. The molecular formula is C10H13N3O2. The lowest BCUT2D eigenvalue weighted by Gasteiger charge is -2.12. The van der Waals surface area contributed by atoms with E-state index >= 15 is 0 Å². The van der Waals surface area contributed by atoms with Crippen molar-refractivity contribution in [1.29, 1.82) is 0 Å². The van der Waals surface area contributed by atoms with Gasteiger partial charge < -0.3 is 14.1 Å². The zero-order chi connectivity index (χ0) is 10.7. The molecule has 5 heteroatoms. The Morgan fingerprint density at radius 1 is 1.60 bits per heavy atom. The van der Waals surface area contributed by atoms with Gasteiger partial charge in [-0.1, -0.05) is 0 Å². The van der Waals surface area contributed by atoms with E-state index in [9.17, 15) is 0 Å². The minimum Gasteiger partial charge on any atom is -0.469 e. The molecule has 0 amide bonds. The quantitative estimate of drug-likeness (QED) is 0.817. The summed E-state index contributed by atoms with van der Waals surface area (Å²) in [5.74, 6) is 1.49. The van der Waals surface area contributed by atoms with Crippen LogP contribution in [-0.2, 0) is 13.0 Å². The molecule has 0 aliphatic heterocycles. The first-order valence-electron chi connectivity index (χ1n) is 4.83. The fraction of sp³-hybridized carbons (Fsp3) is 0.400. The van der Waals surface area contributed by atoms with Crippen molar-refractivity contribution in [3.63, 3.8) is 0 Å². The van der Waals surface area contributed by atoms with Crippen molar-refractivity contribution < 1.29 is 9.52 Å². The van der Waals surface area contributed by atoms with Gasteiger partial charge in [0.05, 0.1) is 6.26 Å². The number of aromatic nitrogens is 3. The molecule has 15 heavy (non-hydrogen) atoms. The maximum Gasteiger partial charge on any atom is 0.158 e. The molecule has 5 nitrogen and oxygen atoms in total. The molecule has 1 unspecified atom stereocenters. The number of furan rings is 1. The van der Waals surface area contributed by atoms with Crippen molar-refractivity contribution in [3.05, 3.63) is 36.3 Å². The lowest BCUT2D eigenvalue weighted by molar-refractivity contribution is 0.260. The third-order valence-electron chi connectivity index (χ3n) is 2.34. The summed E-state index contributed by atoms with van der Waals surface area (Å²) < 4.78 is 7.11. The predicted octanol–water partition coefficient (Wildman–Crippen LogP) is 1.17. The van der Waals surface area contributed by atoms with Crippen molar-refractivity contribution in [2.45, 2.75) is 26.0 Å². The molecule has 1 N–H and O–H groups in total. The normalized spacial score (nSPS) is 12.9. The highest BCUT2D eigenvalue weighted by molar-refractivity contribution is 5.00. The van der Waals surface area contributed by atoms with Crippen LogP contribution in [0.5, 0.6) is 0 Å². The van der Waals surface area contributed by atoms with Gasteiger partial charge in [-0.15, -0.1) is 10.2 Å². The van der Waals surface area contributed by atoms with Gasteiger partial charge in [-0.2, -0.15) is 0 Å². The van der Waals surface area contributed by atoms with Crippen LogP contribution < -0.4 is 0 Å². The number of rotatable bonds is 4. The van der Waals surface area contributed by atoms with Crippen molar-refractivity contribution in [1.82, 2.24) is 14.8 Å². The molecule has 1 atom stereocenters. The monoisotopic (exact) mass is 207 g/mol. The average molecular weight is 207 g/mol. The summed E-state index contributed by atoms with van der Waals surface area (Å²) in [7, 11) is 0. The Bertz CT molecular complexity index is 408. The number of nitrogens with zero attached hydrogens (tertiary/aromatic N) is 3. The van der Waals surface area contributed by atoms with Crippen molar-refractivity contribution in [3.8, 4) is 0 Å². The molecular weight excluding hydrogens is 194 g/mol. The van der Waals surface area contributed by atoms with Gasteiger partial charge in [-0.05, 0) is 19.1 Å². The van der Waals surface area contributed by atoms with Gasteiger partial charge in [0, 0.05) is 12.5 Å². The molecule has 0 aliphatic carbocycles. The number of hydrogen-bond donors (Lipinski definition) is 1. The van der Waals surface area contributed by atoms with Crippen LogP contribution in [0.4, 0.5) is 0 Å². The molecule has 0 aliphatic rings. The van der Waals surface area contributed by atoms with Crippen LogP contribution in [0.3, 0.4) is 0 Å². The van der Waals surface area contributed by atoms with Gasteiger partial charge in [0.1, 0.15) is 18.7 Å². The van der Waals surface area contributed by atoms with E-state index in [1.165, 1.54) is 0 Å². The molecule has 80 valence electrons. The molecule has 2 aromatic heterocycles. The lowest BCUT2D eigenvalue weighted by atomic mass is 10.2. The van der Waals surface area contributed by atoms with Gasteiger partial charge in [0.25, 0.3) is 0 Å². The van der Waals surface area contributed by atoms with Crippen LogP contribution in [0.15, 0.2) is 29.1 Å². The van der Waals surface area contributed by atoms with E-state index in [4.69, 9.17) is 9.52 Å². The van der Waals surface area contributed by atoms with Gasteiger partial charge in [-0.3, -0.25) is 0 Å². The van der Waals surface area contributed by atoms with Crippen LogP contribution >= 0.6 is 0 Å². The maximum atomic E-state index is 9.04. The van der Waals surface area contributed by atoms with Crippen molar-refractivity contribution >= 4 is 0 Å². The van der Waals surface area contributed by atoms with E-state index in [1.807, 2.05) is 23.6 Å². The fourth-order valence-electron chi connectivity index (χ4n) is 1.57. The van der Waals surface area contributed by atoms with Gasteiger partial charge in [0.15, 0.2) is 5.82 Å². The second-order valence-electron chi connectivity index (χ2n) is 3.45. The van der Waals surface area contributed by atoms with E-state index < -0.39 is 0 Å². The Morgan fingerprint density at radius 2 is 2.47 bits per heavy atom. The highest BCUT2D eigenvalue weighted by Crippen LogP contribution is 2.15. The third kappa shape index (κ3) is 2.07. The minimum atomic E-state index is -0.0947. The molecule has 0 fully saturated rings. The predicted molar refractivity (Wildman–Crippen MR) is 53.1 cm³/mol. The highest BCUT2D eigenvalue weighted by atomic mass is 16.3. The third-order valence-corrected chi connectivity index (χ3v) is 2.34. The summed E-state index contributed by atoms with van der Waals surface area (Å²) in [5, 5.41) is 16.6. The SMILES string of the molecule is CC(Cc1ccco1)n1cnnc1CO. The topological polar surface area (TPSA) is 64.1 Å². The second kappa shape index (κ2) is 4.27. The molecule has 2 aromatic rings. The van der Waals surface area contributed by atoms with Crippen molar-refractivity contribution in [2.24, 2.45) is 0 Å². The first-order valence-corrected chi connectivity index (χ1v) is 4.83. The van der Waals surface area contributed by atoms with E-state index in [0.29, 0.717) is 5.82 Å². The highest BCUT2D eigenvalue weighted by Gasteiger charge is 2.11. The molecule has 0 bridgehead atoms. The van der Waals surface area contributed by atoms with Crippen molar-refractivity contribution in [2.75, 3.05) is 0 Å². The van der Waals surface area contributed by atoms with Gasteiger partial charge in [-0.25, -0.2) is 0 Å². The summed E-state index contributed by atoms with van der Waals surface area (Å²) >= 11 is 0. The molecule has 0 saturated heterocycles. The Labute approximate surface area is 87.4 Å². The smallest absolute Gasteiger partial charge is 0.158 e. The Hall–Kier alpha value is -1.62. The number of hydrogen-bond acceptors (Lipinski definition) is 4. The molecule has 2 rings (SSSR count). The fourth-order valence-corrected chi connectivity index (χ4v) is 1.57. The molecule has 0 radical (unpaired) electrons. The summed E-state index contributed by atoms with van der Waals surface area (Å²) in [4.78, 5) is 0. The summed E-state index contributed by atoms with van der Waals surface area (Å²) in [6.45, 7) is 1.94. The van der Waals surface area contributed by atoms with Gasteiger partial charge >= 0.3 is 0 Å². The Balaban J connectivity index is 2.11. The maximum absolute atomic E-state index is 9.04. The summed E-state index contributed by atoms with van der Waals surface area (Å²) in [5.41, 5.74) is 0. The zero-order valence-electron chi connectivity index (χ0n) is 8.50. The van der Waals surface area contributed by atoms with Crippen LogP contribution in [0.25, 0.3) is 0 Å². The van der Waals surface area contributed by atoms with E-state index in [0.717, 1.165) is 12.2 Å². The minimum absolute atomic E-state index is 0.0947. The van der Waals surface area contributed by atoms with Gasteiger partial charge in [0.2, 0.25) is 0 Å². The summed E-state index contributed by atoms with van der Waals surface area (Å²) in [6.07, 6.45) is 4.04. The first kappa shape index (κ1) is 9.92. The summed E-state index contributed by atoms with van der Waals surface area (Å²) in [6, 6.07) is 3.97. The zero-order valence-corrected chi connectivity index (χ0v) is 8.50. The molecule has 0 saturated carbocycles. The Kier molecular flexibility index (Phi) is 2.82. The second-order valence-corrected chi connectivity index (χ2v) is 3.45. The molecule has 0 spiro atoms. The average Bonchev–Trinajstić information content (AvgIpc) is 2.86. The van der Waals surface area contributed by atoms with Crippen LogP contribution in [-0.4, -0.2) is 19.9 Å². The van der Waals surface area contributed by atoms with Crippen LogP contribution in [0, 0.1) is 0 Å². The van der Waals surface area contributed by atoms with Crippen LogP contribution in [0.1, 0.15) is 24.6 Å². The largest absolute Gasteiger partial charge is 0.469 e. The molecule has 0 aromatic carbocycles. The Morgan fingerprint density at radius 3 is 3.13 bits per heavy atom. The molecule has 2 heterocycles.